The van der Waals surface area contributed by atoms with Gasteiger partial charge in [-0.25, -0.2) is 9.97 Å². The van der Waals surface area contributed by atoms with Gasteiger partial charge >= 0.3 is 6.18 Å². The Morgan fingerprint density at radius 1 is 0.934 bits per heavy atom. The van der Waals surface area contributed by atoms with Crippen LogP contribution in [0.4, 0.5) is 18.9 Å². The zero-order valence-corrected chi connectivity index (χ0v) is 35.0. The van der Waals surface area contributed by atoms with E-state index < -0.39 is 41.2 Å². The van der Waals surface area contributed by atoms with Crippen molar-refractivity contribution in [3.63, 3.8) is 0 Å². The Kier molecular flexibility index (Phi) is 10.5. The maximum absolute atomic E-state index is 13.5. The van der Waals surface area contributed by atoms with Crippen LogP contribution in [0.15, 0.2) is 48.5 Å². The molecule has 15 heteroatoms. The van der Waals surface area contributed by atoms with Crippen molar-refractivity contribution in [2.75, 3.05) is 25.0 Å². The summed E-state index contributed by atoms with van der Waals surface area (Å²) in [6, 6.07) is 11.2. The summed E-state index contributed by atoms with van der Waals surface area (Å²) in [4.78, 5) is 76.4. The molecule has 1 spiro atoms. The van der Waals surface area contributed by atoms with E-state index in [0.717, 1.165) is 96.9 Å². The second-order valence-electron chi connectivity index (χ2n) is 18.6. The number of ketones is 2. The number of anilines is 1. The third-order valence-corrected chi connectivity index (χ3v) is 14.8. The first-order valence-electron chi connectivity index (χ1n) is 21.2. The van der Waals surface area contributed by atoms with E-state index in [9.17, 15) is 42.3 Å². The largest absolute Gasteiger partial charge is 0.433 e. The number of fused-ring (bicyclic) bond motifs is 2. The van der Waals surface area contributed by atoms with Gasteiger partial charge in [-0.05, 0) is 125 Å². The third kappa shape index (κ3) is 8.04. The van der Waals surface area contributed by atoms with E-state index in [0.29, 0.717) is 57.5 Å². The molecule has 320 valence electrons. The number of nitrogens with zero attached hydrogens (tertiary/aromatic N) is 4. The molecule has 1 unspecified atom stereocenters. The molecule has 4 aromatic rings. The van der Waals surface area contributed by atoms with Gasteiger partial charge in [0.1, 0.15) is 17.2 Å². The quantitative estimate of drug-likeness (QED) is 0.119. The van der Waals surface area contributed by atoms with Gasteiger partial charge in [0.25, 0.3) is 17.7 Å². The van der Waals surface area contributed by atoms with Gasteiger partial charge in [-0.1, -0.05) is 18.2 Å². The number of imide groups is 1. The van der Waals surface area contributed by atoms with Crippen molar-refractivity contribution in [3.8, 4) is 0 Å². The van der Waals surface area contributed by atoms with E-state index in [2.05, 4.69) is 15.2 Å². The zero-order chi connectivity index (χ0) is 43.0. The van der Waals surface area contributed by atoms with E-state index in [1.807, 2.05) is 12.1 Å². The minimum atomic E-state index is -4.69. The van der Waals surface area contributed by atoms with Crippen LogP contribution in [0.25, 0.3) is 10.2 Å². The first-order valence-corrected chi connectivity index (χ1v) is 22.1. The molecule has 4 fully saturated rings. The maximum Gasteiger partial charge on any atom is 0.433 e. The maximum atomic E-state index is 13.5. The molecule has 2 N–H and O–H groups in total. The molecule has 4 heterocycles. The van der Waals surface area contributed by atoms with Crippen molar-refractivity contribution in [3.05, 3.63) is 87.2 Å². The van der Waals surface area contributed by atoms with Crippen molar-refractivity contribution >= 4 is 56.5 Å². The molecule has 11 nitrogen and oxygen atoms in total. The van der Waals surface area contributed by atoms with Crippen LogP contribution in [-0.4, -0.2) is 79.8 Å². The molecule has 3 amide bonds. The van der Waals surface area contributed by atoms with Gasteiger partial charge in [-0.15, -0.1) is 11.3 Å². The van der Waals surface area contributed by atoms with Crippen LogP contribution in [0.2, 0.25) is 0 Å². The summed E-state index contributed by atoms with van der Waals surface area (Å²) in [6.07, 6.45) is 3.68. The van der Waals surface area contributed by atoms with Crippen LogP contribution in [0.5, 0.6) is 0 Å². The van der Waals surface area contributed by atoms with Gasteiger partial charge in [-0.2, -0.15) is 13.2 Å². The minimum Gasteiger partial charge on any atom is -0.386 e. The number of nitrogens with one attached hydrogen (secondary N) is 1. The predicted molar refractivity (Wildman–Crippen MR) is 221 cm³/mol. The fraction of sp³-hybridized carbons (Fsp3) is 0.500. The molecule has 2 aromatic carbocycles. The topological polar surface area (TPSA) is 150 Å². The fourth-order valence-electron chi connectivity index (χ4n) is 10.7. The monoisotopic (exact) mass is 855 g/mol. The molecular weight excluding hydrogens is 808 g/mol. The first-order chi connectivity index (χ1) is 28.9. The third-order valence-electron chi connectivity index (χ3n) is 13.6. The highest BCUT2D eigenvalue weighted by molar-refractivity contribution is 7.18. The van der Waals surface area contributed by atoms with Gasteiger partial charge < -0.3 is 15.3 Å². The number of alkyl halides is 3. The Balaban J connectivity index is 0.753. The number of aryl methyl sites for hydroxylation is 1. The molecule has 0 bridgehead atoms. The molecule has 3 saturated carbocycles. The van der Waals surface area contributed by atoms with Gasteiger partial charge in [0.2, 0.25) is 0 Å². The van der Waals surface area contributed by atoms with E-state index in [-0.39, 0.29) is 36.5 Å². The van der Waals surface area contributed by atoms with Crippen molar-refractivity contribution in [2.45, 2.75) is 108 Å². The van der Waals surface area contributed by atoms with Crippen LogP contribution in [0.1, 0.15) is 137 Å². The smallest absolute Gasteiger partial charge is 0.386 e. The molecule has 0 radical (unpaired) electrons. The summed E-state index contributed by atoms with van der Waals surface area (Å²) in [5.41, 5.74) is 0.507. The van der Waals surface area contributed by atoms with Gasteiger partial charge in [0, 0.05) is 43.2 Å². The molecular formula is C46H48F3N5O6S. The number of benzene rings is 2. The fourth-order valence-corrected chi connectivity index (χ4v) is 11.8. The molecule has 2 aliphatic heterocycles. The Morgan fingerprint density at radius 3 is 2.38 bits per heavy atom. The van der Waals surface area contributed by atoms with Crippen LogP contribution in [-0.2, 0) is 27.8 Å². The van der Waals surface area contributed by atoms with Crippen molar-refractivity contribution in [2.24, 2.45) is 17.3 Å². The molecule has 3 aliphatic carbocycles. The van der Waals surface area contributed by atoms with Gasteiger partial charge in [0.05, 0.1) is 44.4 Å². The summed E-state index contributed by atoms with van der Waals surface area (Å²) in [5.74, 6) is -0.679. The number of carbonyl (C=O) groups is 5. The summed E-state index contributed by atoms with van der Waals surface area (Å²) in [7, 11) is 0. The van der Waals surface area contributed by atoms with Crippen LogP contribution in [0.3, 0.4) is 0 Å². The molecule has 5 aliphatic rings. The summed E-state index contributed by atoms with van der Waals surface area (Å²) < 4.78 is 40.6. The van der Waals surface area contributed by atoms with Gasteiger partial charge in [-0.3, -0.25) is 28.9 Å². The van der Waals surface area contributed by atoms with E-state index in [1.165, 1.54) is 6.07 Å². The molecule has 61 heavy (non-hydrogen) atoms. The number of aromatic nitrogens is 2. The van der Waals surface area contributed by atoms with Crippen LogP contribution in [0, 0.1) is 17.3 Å². The zero-order valence-electron chi connectivity index (χ0n) is 34.1. The van der Waals surface area contributed by atoms with E-state index >= 15 is 0 Å². The number of hydrogen-bond acceptors (Lipinski definition) is 10. The van der Waals surface area contributed by atoms with Crippen LogP contribution < -0.4 is 5.32 Å². The number of pyridine rings is 1. The lowest BCUT2D eigenvalue weighted by Gasteiger charge is -2.60. The van der Waals surface area contributed by atoms with Gasteiger partial charge in [0.15, 0.2) is 5.78 Å². The second kappa shape index (κ2) is 15.5. The van der Waals surface area contributed by atoms with Crippen molar-refractivity contribution in [1.29, 1.82) is 0 Å². The Bertz CT molecular complexity index is 2450. The number of thiazole rings is 1. The standard InChI is InChI=1S/C46H48F3N5O6S/c1-44(2,60)31-18-34-37(19-33(31)51-40(57)32-7-4-8-38(50-32)46(47,48)49)61-41(52-34)28-13-9-25(10-14-28)22-53-23-45(24-53)20-26(21-45)11-12-27-5-3-6-30-39(27)43(59)54(42(30)58)35-16-15-29(55)17-36(35)56/h3-8,18-19,25-26,28,35,60H,9-17,20-24H2,1-2H3,(H,51,57). The summed E-state index contributed by atoms with van der Waals surface area (Å²) >= 11 is 1.55. The number of carbonyl (C=O) groups excluding carboxylic acids is 5. The van der Waals surface area contributed by atoms with E-state index in [1.54, 1.807) is 43.4 Å². The minimum absolute atomic E-state index is 0.145. The number of halogens is 3. The Hall–Kier alpha value is -4.86. The van der Waals surface area contributed by atoms with Crippen molar-refractivity contribution in [1.82, 2.24) is 19.8 Å². The molecule has 2 aromatic heterocycles. The first kappa shape index (κ1) is 41.5. The molecule has 1 atom stereocenters. The highest BCUT2D eigenvalue weighted by Gasteiger charge is 2.52. The summed E-state index contributed by atoms with van der Waals surface area (Å²) in [5, 5.41) is 14.7. The second-order valence-corrected chi connectivity index (χ2v) is 19.7. The Labute approximate surface area is 355 Å². The average Bonchev–Trinajstić information content (AvgIpc) is 3.71. The molecule has 9 rings (SSSR count). The van der Waals surface area contributed by atoms with Crippen LogP contribution >= 0.6 is 11.3 Å². The normalized spacial score (nSPS) is 23.4. The average molecular weight is 856 g/mol. The molecule has 1 saturated heterocycles. The lowest BCUT2D eigenvalue weighted by molar-refractivity contribution is -0.141. The SMILES string of the molecule is CC(C)(O)c1cc2nc(C3CCC(CN4CC5(CC(CCc6cccc7c6C(=O)N(C6CCC(=O)CC6=O)C7=O)C5)C4)CC3)sc2cc1NC(=O)c1cccc(C(F)(F)F)n1. The number of aliphatic hydroxyl groups is 1. The lowest BCUT2D eigenvalue weighted by Crippen LogP contribution is -2.62. The number of likely N-dealkylation sites (tertiary alicyclic amines) is 1. The lowest BCUT2D eigenvalue weighted by atomic mass is 9.56. The number of hydrogen-bond donors (Lipinski definition) is 2. The number of rotatable bonds is 10. The van der Waals surface area contributed by atoms with E-state index in [4.69, 9.17) is 4.98 Å². The number of amides is 3. The van der Waals surface area contributed by atoms with Crippen molar-refractivity contribution < 1.29 is 42.3 Å². The summed E-state index contributed by atoms with van der Waals surface area (Å²) in [6.45, 7) is 6.46. The predicted octanol–water partition coefficient (Wildman–Crippen LogP) is 8.10. The highest BCUT2D eigenvalue weighted by Crippen LogP contribution is 2.54. The number of Topliss-reactive ketones (excluding diaryl/α,β-unsaturated/α-hetero) is 2. The highest BCUT2D eigenvalue weighted by atomic mass is 32.1. The Morgan fingerprint density at radius 2 is 1.67 bits per heavy atom.